The van der Waals surface area contributed by atoms with Crippen molar-refractivity contribution >= 4 is 34.0 Å². The molecule has 0 amide bonds. The van der Waals surface area contributed by atoms with E-state index in [1.54, 1.807) is 35.6 Å². The molecule has 2 aromatic heterocycles. The van der Waals surface area contributed by atoms with Gasteiger partial charge in [-0.2, -0.15) is 0 Å². The van der Waals surface area contributed by atoms with Gasteiger partial charge in [-0.05, 0) is 83.0 Å². The van der Waals surface area contributed by atoms with Crippen LogP contribution in [0.3, 0.4) is 0 Å². The van der Waals surface area contributed by atoms with E-state index < -0.39 is 9.85 Å². The van der Waals surface area contributed by atoms with Gasteiger partial charge in [0.15, 0.2) is 0 Å². The Labute approximate surface area is 244 Å². The Morgan fingerprint density at radius 2 is 1.10 bits per heavy atom. The molecule has 0 N–H and O–H groups in total. The van der Waals surface area contributed by atoms with E-state index in [1.807, 2.05) is 12.1 Å². The highest BCUT2D eigenvalue weighted by molar-refractivity contribution is 7.14. The Bertz CT molecular complexity index is 1460. The molecule has 0 aliphatic carbocycles. The first-order chi connectivity index (χ1) is 19.4. The highest BCUT2D eigenvalue weighted by Gasteiger charge is 2.23. The first-order valence-electron chi connectivity index (χ1n) is 14.1. The maximum atomic E-state index is 12.1. The SMILES string of the molecule is CCCCCCc1csc(-c2ccc(-c3ccc(-c4cc(CCCCCC)cs4)c([N+](=O)[O-])c3)c([N+](=O)[O-])c2)c1. The molecule has 0 aliphatic rings. The molecule has 0 spiro atoms. The van der Waals surface area contributed by atoms with Gasteiger partial charge in [-0.1, -0.05) is 64.5 Å². The van der Waals surface area contributed by atoms with E-state index in [4.69, 9.17) is 0 Å². The summed E-state index contributed by atoms with van der Waals surface area (Å²) >= 11 is 3.10. The van der Waals surface area contributed by atoms with Crippen LogP contribution in [0.25, 0.3) is 32.0 Å². The normalized spacial score (nSPS) is 11.2. The van der Waals surface area contributed by atoms with Crippen LogP contribution < -0.4 is 0 Å². The number of hydrogen-bond donors (Lipinski definition) is 0. The van der Waals surface area contributed by atoms with Crippen molar-refractivity contribution < 1.29 is 9.85 Å². The summed E-state index contributed by atoms with van der Waals surface area (Å²) in [6, 6.07) is 14.3. The van der Waals surface area contributed by atoms with Crippen LogP contribution in [0.1, 0.15) is 76.3 Å². The Morgan fingerprint density at radius 3 is 1.70 bits per heavy atom. The van der Waals surface area contributed by atoms with Crippen molar-refractivity contribution in [2.24, 2.45) is 0 Å². The van der Waals surface area contributed by atoms with Crippen molar-refractivity contribution in [2.75, 3.05) is 0 Å². The van der Waals surface area contributed by atoms with Gasteiger partial charge in [-0.3, -0.25) is 20.2 Å². The summed E-state index contributed by atoms with van der Waals surface area (Å²) < 4.78 is 0. The Morgan fingerprint density at radius 1 is 0.600 bits per heavy atom. The standard InChI is InChI=1S/C32H36N2O4S2/c1-3-5-7-9-11-23-17-31(39-21-23)26-14-15-27(29(20-26)33(35)36)25-13-16-28(30(19-25)34(37)38)32-18-24(22-40-32)12-10-8-6-4-2/h13-22H,3-12H2,1-2H3. The van der Waals surface area contributed by atoms with Gasteiger partial charge >= 0.3 is 0 Å². The van der Waals surface area contributed by atoms with Crippen LogP contribution >= 0.6 is 22.7 Å². The van der Waals surface area contributed by atoms with E-state index in [0.717, 1.165) is 41.0 Å². The van der Waals surface area contributed by atoms with Gasteiger partial charge in [-0.15, -0.1) is 22.7 Å². The maximum Gasteiger partial charge on any atom is 0.278 e. The summed E-state index contributed by atoms with van der Waals surface area (Å²) in [5.41, 5.74) is 4.53. The van der Waals surface area contributed by atoms with Gasteiger partial charge in [0.2, 0.25) is 0 Å². The summed E-state index contributed by atoms with van der Waals surface area (Å²) in [6.45, 7) is 4.38. The molecule has 0 aliphatic heterocycles. The van der Waals surface area contributed by atoms with Gasteiger partial charge in [0, 0.05) is 21.9 Å². The largest absolute Gasteiger partial charge is 0.278 e. The Hall–Kier alpha value is -3.36. The van der Waals surface area contributed by atoms with Gasteiger partial charge < -0.3 is 0 Å². The molecule has 4 rings (SSSR count). The van der Waals surface area contributed by atoms with Crippen LogP contribution in [0.2, 0.25) is 0 Å². The predicted molar refractivity (Wildman–Crippen MR) is 168 cm³/mol. The first-order valence-corrected chi connectivity index (χ1v) is 15.9. The molecule has 2 heterocycles. The number of aryl methyl sites for hydroxylation is 2. The summed E-state index contributed by atoms with van der Waals surface area (Å²) in [4.78, 5) is 25.2. The molecule has 0 bridgehead atoms. The van der Waals surface area contributed by atoms with Gasteiger partial charge in [0.25, 0.3) is 11.4 Å². The number of thiophene rings is 2. The van der Waals surface area contributed by atoms with E-state index in [-0.39, 0.29) is 11.4 Å². The first kappa shape index (κ1) is 29.6. The van der Waals surface area contributed by atoms with Gasteiger partial charge in [0.1, 0.15) is 0 Å². The quantitative estimate of drug-likeness (QED) is 0.0800. The molecule has 2 aromatic carbocycles. The third-order valence-corrected chi connectivity index (χ3v) is 9.24. The number of benzene rings is 2. The zero-order valence-corrected chi connectivity index (χ0v) is 24.8. The zero-order chi connectivity index (χ0) is 28.5. The molecule has 40 heavy (non-hydrogen) atoms. The summed E-state index contributed by atoms with van der Waals surface area (Å²) in [7, 11) is 0. The van der Waals surface area contributed by atoms with E-state index in [1.165, 1.54) is 67.1 Å². The van der Waals surface area contributed by atoms with Crippen molar-refractivity contribution in [2.45, 2.75) is 78.1 Å². The molecular formula is C32H36N2O4S2. The minimum absolute atomic E-state index is 0.0405. The molecular weight excluding hydrogens is 540 g/mol. The predicted octanol–water partition coefficient (Wildman–Crippen LogP) is 10.9. The molecule has 210 valence electrons. The van der Waals surface area contributed by atoms with Crippen LogP contribution in [0, 0.1) is 20.2 Å². The van der Waals surface area contributed by atoms with Crippen LogP contribution in [0.4, 0.5) is 11.4 Å². The minimum atomic E-state index is -0.401. The lowest BCUT2D eigenvalue weighted by molar-refractivity contribution is -0.384. The number of unbranched alkanes of at least 4 members (excludes halogenated alkanes) is 6. The second-order valence-corrected chi connectivity index (χ2v) is 12.1. The number of rotatable bonds is 15. The van der Waals surface area contributed by atoms with Crippen molar-refractivity contribution in [3.8, 4) is 32.0 Å². The van der Waals surface area contributed by atoms with Crippen molar-refractivity contribution in [3.63, 3.8) is 0 Å². The fourth-order valence-electron chi connectivity index (χ4n) is 4.96. The summed E-state index contributed by atoms with van der Waals surface area (Å²) in [5.74, 6) is 0. The third kappa shape index (κ3) is 7.43. The highest BCUT2D eigenvalue weighted by Crippen LogP contribution is 2.41. The third-order valence-electron chi connectivity index (χ3n) is 7.20. The lowest BCUT2D eigenvalue weighted by atomic mass is 9.98. The Kier molecular flexibility index (Phi) is 10.6. The van der Waals surface area contributed by atoms with Crippen LogP contribution in [0.15, 0.2) is 59.3 Å². The molecule has 8 heteroatoms. The minimum Gasteiger partial charge on any atom is -0.258 e. The van der Waals surface area contributed by atoms with E-state index in [2.05, 4.69) is 30.7 Å². The smallest absolute Gasteiger partial charge is 0.258 e. The lowest BCUT2D eigenvalue weighted by Crippen LogP contribution is -1.95. The summed E-state index contributed by atoms with van der Waals surface area (Å²) in [6.07, 6.45) is 11.4. The molecule has 4 aromatic rings. The van der Waals surface area contributed by atoms with Gasteiger partial charge in [-0.25, -0.2) is 0 Å². The van der Waals surface area contributed by atoms with E-state index in [9.17, 15) is 20.2 Å². The molecule has 0 fully saturated rings. The lowest BCUT2D eigenvalue weighted by Gasteiger charge is -2.08. The maximum absolute atomic E-state index is 12.1. The average Bonchev–Trinajstić information content (AvgIpc) is 3.63. The second kappa shape index (κ2) is 14.3. The second-order valence-electron chi connectivity index (χ2n) is 10.2. The molecule has 6 nitrogen and oxygen atoms in total. The van der Waals surface area contributed by atoms with Crippen LogP contribution in [-0.4, -0.2) is 9.85 Å². The monoisotopic (exact) mass is 576 g/mol. The van der Waals surface area contributed by atoms with Crippen molar-refractivity contribution in [1.82, 2.24) is 0 Å². The molecule has 0 unspecified atom stereocenters. The fraction of sp³-hybridized carbons (Fsp3) is 0.375. The molecule has 0 atom stereocenters. The van der Waals surface area contributed by atoms with E-state index >= 15 is 0 Å². The topological polar surface area (TPSA) is 86.3 Å². The Balaban J connectivity index is 1.59. The van der Waals surface area contributed by atoms with Gasteiger partial charge in [0.05, 0.1) is 21.0 Å². The van der Waals surface area contributed by atoms with Crippen LogP contribution in [0.5, 0.6) is 0 Å². The number of nitrogens with zero attached hydrogens (tertiary/aromatic N) is 2. The summed E-state index contributed by atoms with van der Waals surface area (Å²) in [5, 5.41) is 28.4. The van der Waals surface area contributed by atoms with E-state index in [0.29, 0.717) is 16.7 Å². The number of nitro groups is 2. The fourth-order valence-corrected chi connectivity index (χ4v) is 6.89. The molecule has 0 radical (unpaired) electrons. The molecule has 0 saturated heterocycles. The number of nitro benzene ring substituents is 2. The molecule has 0 saturated carbocycles. The highest BCUT2D eigenvalue weighted by atomic mass is 32.1. The van der Waals surface area contributed by atoms with Crippen LogP contribution in [-0.2, 0) is 12.8 Å². The average molecular weight is 577 g/mol. The van der Waals surface area contributed by atoms with Crippen molar-refractivity contribution in [1.29, 1.82) is 0 Å². The van der Waals surface area contributed by atoms with Crippen molar-refractivity contribution in [3.05, 3.63) is 90.6 Å². The number of hydrogen-bond acceptors (Lipinski definition) is 6. The zero-order valence-electron chi connectivity index (χ0n) is 23.2.